The third kappa shape index (κ3) is 5.25. The molecule has 1 amide bonds. The predicted octanol–water partition coefficient (Wildman–Crippen LogP) is 2.77. The molecule has 1 aromatic rings. The molecular formula is C20H29FN2O2. The molecule has 4 nitrogen and oxygen atoms in total. The zero-order valence-electron chi connectivity index (χ0n) is 14.9. The minimum Gasteiger partial charge on any atom is -0.381 e. The highest BCUT2D eigenvalue weighted by Gasteiger charge is 2.30. The number of halogens is 1. The van der Waals surface area contributed by atoms with Crippen LogP contribution >= 0.6 is 0 Å². The van der Waals surface area contributed by atoms with Crippen molar-refractivity contribution < 1.29 is 13.9 Å². The van der Waals surface area contributed by atoms with Gasteiger partial charge in [-0.1, -0.05) is 18.2 Å². The predicted molar refractivity (Wildman–Crippen MR) is 95.9 cm³/mol. The first-order valence-electron chi connectivity index (χ1n) is 9.57. The van der Waals surface area contributed by atoms with Crippen LogP contribution in [0.5, 0.6) is 0 Å². The highest BCUT2D eigenvalue weighted by atomic mass is 19.1. The van der Waals surface area contributed by atoms with Crippen molar-refractivity contribution >= 4 is 5.91 Å². The number of amides is 1. The number of ether oxygens (including phenoxy) is 1. The second-order valence-electron chi connectivity index (χ2n) is 7.16. The summed E-state index contributed by atoms with van der Waals surface area (Å²) in [6.07, 6.45) is 5.65. The van der Waals surface area contributed by atoms with E-state index in [-0.39, 0.29) is 17.6 Å². The molecule has 0 unspecified atom stereocenters. The van der Waals surface area contributed by atoms with Crippen molar-refractivity contribution in [3.8, 4) is 0 Å². The molecule has 1 aromatic carbocycles. The van der Waals surface area contributed by atoms with Gasteiger partial charge in [0, 0.05) is 32.3 Å². The van der Waals surface area contributed by atoms with Crippen LogP contribution in [0.25, 0.3) is 0 Å². The van der Waals surface area contributed by atoms with E-state index in [4.69, 9.17) is 4.74 Å². The molecule has 2 aliphatic heterocycles. The number of rotatable bonds is 6. The Balaban J connectivity index is 1.39. The first kappa shape index (κ1) is 18.3. The lowest BCUT2D eigenvalue weighted by Gasteiger charge is -2.39. The molecule has 1 N–H and O–H groups in total. The minimum absolute atomic E-state index is 0.0880. The van der Waals surface area contributed by atoms with E-state index in [2.05, 4.69) is 10.2 Å². The Morgan fingerprint density at radius 2 is 2.04 bits per heavy atom. The zero-order valence-corrected chi connectivity index (χ0v) is 14.9. The van der Waals surface area contributed by atoms with E-state index in [1.807, 2.05) is 12.1 Å². The lowest BCUT2D eigenvalue weighted by atomic mass is 9.94. The van der Waals surface area contributed by atoms with Crippen LogP contribution in [0.4, 0.5) is 4.39 Å². The standard InChI is InChI=1S/C20H29FN2O2/c21-19-8-2-1-5-16(19)6-3-11-22-20(24)17-7-4-12-23(15-17)18-9-13-25-14-10-18/h1-2,5,8,17-18H,3-4,6-7,9-15H2,(H,22,24)/t17-/m0/s1. The normalized spacial score (nSPS) is 22.7. The number of hydrogen-bond acceptors (Lipinski definition) is 3. The Morgan fingerprint density at radius 1 is 1.24 bits per heavy atom. The van der Waals surface area contributed by atoms with Gasteiger partial charge in [0.1, 0.15) is 5.82 Å². The number of carbonyl (C=O) groups excluding carboxylic acids is 1. The van der Waals surface area contributed by atoms with E-state index in [1.165, 1.54) is 6.07 Å². The number of aryl methyl sites for hydroxylation is 1. The molecule has 2 saturated heterocycles. The maximum atomic E-state index is 13.6. The quantitative estimate of drug-likeness (QED) is 0.804. The van der Waals surface area contributed by atoms with Gasteiger partial charge >= 0.3 is 0 Å². The fourth-order valence-corrected chi connectivity index (χ4v) is 3.94. The van der Waals surface area contributed by atoms with Crippen LogP contribution in [0.15, 0.2) is 24.3 Å². The summed E-state index contributed by atoms with van der Waals surface area (Å²) in [5.41, 5.74) is 0.722. The number of carbonyl (C=O) groups is 1. The molecule has 1 atom stereocenters. The first-order chi connectivity index (χ1) is 12.2. The molecule has 0 aliphatic carbocycles. The molecule has 0 spiro atoms. The van der Waals surface area contributed by atoms with Crippen molar-refractivity contribution in [3.63, 3.8) is 0 Å². The van der Waals surface area contributed by atoms with Crippen LogP contribution in [-0.2, 0) is 16.0 Å². The minimum atomic E-state index is -0.159. The lowest BCUT2D eigenvalue weighted by molar-refractivity contribution is -0.127. The molecule has 0 saturated carbocycles. The fraction of sp³-hybridized carbons (Fsp3) is 0.650. The summed E-state index contributed by atoms with van der Waals surface area (Å²) in [7, 11) is 0. The monoisotopic (exact) mass is 348 g/mol. The average molecular weight is 348 g/mol. The Morgan fingerprint density at radius 3 is 2.84 bits per heavy atom. The Labute approximate surface area is 149 Å². The van der Waals surface area contributed by atoms with Gasteiger partial charge in [-0.25, -0.2) is 4.39 Å². The highest BCUT2D eigenvalue weighted by Crippen LogP contribution is 2.23. The number of hydrogen-bond donors (Lipinski definition) is 1. The molecule has 0 aromatic heterocycles. The van der Waals surface area contributed by atoms with Crippen molar-refractivity contribution in [1.29, 1.82) is 0 Å². The van der Waals surface area contributed by atoms with Crippen LogP contribution in [-0.4, -0.2) is 49.7 Å². The van der Waals surface area contributed by atoms with E-state index in [0.29, 0.717) is 19.0 Å². The van der Waals surface area contributed by atoms with E-state index >= 15 is 0 Å². The van der Waals surface area contributed by atoms with Gasteiger partial charge < -0.3 is 10.1 Å². The highest BCUT2D eigenvalue weighted by molar-refractivity contribution is 5.78. The second kappa shape index (κ2) is 9.30. The van der Waals surface area contributed by atoms with E-state index in [9.17, 15) is 9.18 Å². The van der Waals surface area contributed by atoms with Gasteiger partial charge in [-0.15, -0.1) is 0 Å². The molecule has 5 heteroatoms. The van der Waals surface area contributed by atoms with Gasteiger partial charge in [-0.2, -0.15) is 0 Å². The van der Waals surface area contributed by atoms with E-state index in [1.54, 1.807) is 6.07 Å². The van der Waals surface area contributed by atoms with Crippen molar-refractivity contribution in [2.45, 2.75) is 44.6 Å². The molecule has 2 fully saturated rings. The van der Waals surface area contributed by atoms with Crippen molar-refractivity contribution in [3.05, 3.63) is 35.6 Å². The molecule has 0 radical (unpaired) electrons. The molecule has 2 heterocycles. The summed E-state index contributed by atoms with van der Waals surface area (Å²) < 4.78 is 19.0. The van der Waals surface area contributed by atoms with Gasteiger partial charge in [-0.05, 0) is 56.7 Å². The maximum Gasteiger partial charge on any atom is 0.224 e. The number of benzene rings is 1. The van der Waals surface area contributed by atoms with Crippen LogP contribution in [0.3, 0.4) is 0 Å². The summed E-state index contributed by atoms with van der Waals surface area (Å²) in [6, 6.07) is 7.42. The van der Waals surface area contributed by atoms with Gasteiger partial charge in [0.15, 0.2) is 0 Å². The smallest absolute Gasteiger partial charge is 0.224 e. The summed E-state index contributed by atoms with van der Waals surface area (Å²) in [6.45, 7) is 4.26. The van der Waals surface area contributed by atoms with E-state index < -0.39 is 0 Å². The number of likely N-dealkylation sites (tertiary alicyclic amines) is 1. The summed E-state index contributed by atoms with van der Waals surface area (Å²) >= 11 is 0. The molecule has 138 valence electrons. The van der Waals surface area contributed by atoms with Crippen molar-refractivity contribution in [2.24, 2.45) is 5.92 Å². The second-order valence-corrected chi connectivity index (χ2v) is 7.16. The SMILES string of the molecule is O=C(NCCCc1ccccc1F)[C@H]1CCCN(C2CCOCC2)C1. The van der Waals surface area contributed by atoms with Gasteiger partial charge in [0.25, 0.3) is 0 Å². The third-order valence-electron chi connectivity index (χ3n) is 5.41. The lowest BCUT2D eigenvalue weighted by Crippen LogP contribution is -2.48. The summed E-state index contributed by atoms with van der Waals surface area (Å²) in [4.78, 5) is 14.9. The van der Waals surface area contributed by atoms with Gasteiger partial charge in [0.2, 0.25) is 5.91 Å². The van der Waals surface area contributed by atoms with Crippen molar-refractivity contribution in [2.75, 3.05) is 32.8 Å². The number of nitrogens with one attached hydrogen (secondary N) is 1. The largest absolute Gasteiger partial charge is 0.381 e. The van der Waals surface area contributed by atoms with E-state index in [0.717, 1.165) is 64.0 Å². The number of piperidine rings is 1. The topological polar surface area (TPSA) is 41.6 Å². The molecule has 0 bridgehead atoms. The van der Waals surface area contributed by atoms with Crippen LogP contribution in [0.1, 0.15) is 37.7 Å². The Hall–Kier alpha value is -1.46. The average Bonchev–Trinajstić information content (AvgIpc) is 2.67. The summed E-state index contributed by atoms with van der Waals surface area (Å²) in [5, 5.41) is 3.05. The Bertz CT molecular complexity index is 560. The molecular weight excluding hydrogens is 319 g/mol. The third-order valence-corrected chi connectivity index (χ3v) is 5.41. The van der Waals surface area contributed by atoms with Gasteiger partial charge in [-0.3, -0.25) is 9.69 Å². The molecule has 3 rings (SSSR count). The van der Waals surface area contributed by atoms with Crippen LogP contribution in [0.2, 0.25) is 0 Å². The van der Waals surface area contributed by atoms with Crippen LogP contribution in [0, 0.1) is 11.7 Å². The molecule has 25 heavy (non-hydrogen) atoms. The fourth-order valence-electron chi connectivity index (χ4n) is 3.94. The Kier molecular flexibility index (Phi) is 6.82. The van der Waals surface area contributed by atoms with Crippen molar-refractivity contribution in [1.82, 2.24) is 10.2 Å². The van der Waals surface area contributed by atoms with Crippen LogP contribution < -0.4 is 5.32 Å². The number of nitrogens with zero attached hydrogens (tertiary/aromatic N) is 1. The molecule has 2 aliphatic rings. The maximum absolute atomic E-state index is 13.6. The first-order valence-corrected chi connectivity index (χ1v) is 9.57. The van der Waals surface area contributed by atoms with Gasteiger partial charge in [0.05, 0.1) is 5.92 Å². The zero-order chi connectivity index (χ0) is 17.5. The summed E-state index contributed by atoms with van der Waals surface area (Å²) in [5.74, 6) is 0.0866.